The van der Waals surface area contributed by atoms with Crippen LogP contribution >= 0.6 is 0 Å². The maximum Gasteiger partial charge on any atom is 0.331 e. The van der Waals surface area contributed by atoms with E-state index in [9.17, 15) is 19.2 Å². The van der Waals surface area contributed by atoms with E-state index in [-0.39, 0.29) is 22.5 Å². The van der Waals surface area contributed by atoms with Gasteiger partial charge < -0.3 is 8.97 Å². The van der Waals surface area contributed by atoms with Crippen LogP contribution in [0.15, 0.2) is 43.5 Å². The third-order valence-electron chi connectivity index (χ3n) is 14.0. The molecule has 10 nitrogen and oxygen atoms in total. The van der Waals surface area contributed by atoms with Crippen molar-refractivity contribution in [1.82, 2.24) is 18.3 Å². The number of allylic oxidation sites excluding steroid dienone is 1. The van der Waals surface area contributed by atoms with Gasteiger partial charge in [-0.2, -0.15) is 0 Å². The maximum absolute atomic E-state index is 13.9. The van der Waals surface area contributed by atoms with Gasteiger partial charge in [0.15, 0.2) is 0 Å². The molecule has 0 fully saturated rings. The Morgan fingerprint density at radius 2 is 0.817 bits per heavy atom. The Kier molecular flexibility index (Phi) is 24.5. The van der Waals surface area contributed by atoms with Crippen molar-refractivity contribution in [3.63, 3.8) is 0 Å². The van der Waals surface area contributed by atoms with Crippen molar-refractivity contribution in [1.29, 1.82) is 0 Å². The van der Waals surface area contributed by atoms with E-state index in [1.807, 2.05) is 23.0 Å². The Morgan fingerprint density at radius 1 is 0.450 bits per heavy atom. The molecule has 1 aliphatic rings. The summed E-state index contributed by atoms with van der Waals surface area (Å²) in [6.45, 7) is 23.4. The van der Waals surface area contributed by atoms with Gasteiger partial charge in [0.05, 0.1) is 52.4 Å². The lowest BCUT2D eigenvalue weighted by Crippen LogP contribution is -2.50. The molecule has 2 aromatic heterocycles. The van der Waals surface area contributed by atoms with E-state index >= 15 is 0 Å². The van der Waals surface area contributed by atoms with Gasteiger partial charge in [0.25, 0.3) is 11.1 Å². The fourth-order valence-corrected chi connectivity index (χ4v) is 9.75. The van der Waals surface area contributed by atoms with Crippen LogP contribution in [0.3, 0.4) is 0 Å². The van der Waals surface area contributed by atoms with Gasteiger partial charge in [-0.15, -0.1) is 0 Å². The van der Waals surface area contributed by atoms with Gasteiger partial charge in [-0.3, -0.25) is 27.9 Å². The molecule has 342 valence electrons. The van der Waals surface area contributed by atoms with E-state index in [4.69, 9.17) is 0 Å². The van der Waals surface area contributed by atoms with Gasteiger partial charge in [0, 0.05) is 56.1 Å². The molecular formula is C50H90N6O4+2. The molecule has 0 spiro atoms. The lowest BCUT2D eigenvalue weighted by molar-refractivity contribution is -0.927. The fraction of sp³-hybridized carbons (Fsp3) is 0.800. The molecule has 60 heavy (non-hydrogen) atoms. The van der Waals surface area contributed by atoms with Crippen molar-refractivity contribution in [3.05, 3.63) is 77.3 Å². The molecule has 10 heteroatoms. The normalized spacial score (nSPS) is 20.6. The fourth-order valence-electron chi connectivity index (χ4n) is 9.75. The number of rotatable bonds is 19. The first-order chi connectivity index (χ1) is 29.1. The van der Waals surface area contributed by atoms with Crippen LogP contribution < -0.4 is 22.5 Å². The summed E-state index contributed by atoms with van der Waals surface area (Å²) in [6, 6.07) is 3.32. The topological polar surface area (TPSA) is 88.0 Å². The molecule has 0 radical (unpaired) electrons. The molecule has 2 atom stereocenters. The number of aromatic nitrogens is 4. The van der Waals surface area contributed by atoms with Gasteiger partial charge in [-0.25, -0.2) is 9.59 Å². The number of unbranched alkanes of at least 4 members (excludes halogenated alkanes) is 11. The lowest BCUT2D eigenvalue weighted by Gasteiger charge is -2.38. The summed E-state index contributed by atoms with van der Waals surface area (Å²) in [4.78, 5) is 54.2. The predicted molar refractivity (Wildman–Crippen MR) is 252 cm³/mol. The highest BCUT2D eigenvalue weighted by Gasteiger charge is 2.26. The highest BCUT2D eigenvalue weighted by molar-refractivity contribution is 5.01. The van der Waals surface area contributed by atoms with E-state index in [1.54, 1.807) is 12.1 Å². The highest BCUT2D eigenvalue weighted by Crippen LogP contribution is 2.18. The zero-order valence-electron chi connectivity index (χ0n) is 39.7. The average molecular weight is 839 g/mol. The first-order valence-electron chi connectivity index (χ1n) is 25.0. The molecule has 0 saturated carbocycles. The predicted octanol–water partition coefficient (Wildman–Crippen LogP) is 9.52. The zero-order chi connectivity index (χ0) is 43.6. The van der Waals surface area contributed by atoms with Gasteiger partial charge in [0.1, 0.15) is 0 Å². The third kappa shape index (κ3) is 17.1. The van der Waals surface area contributed by atoms with Gasteiger partial charge in [-0.1, -0.05) is 83.8 Å². The molecule has 1 aliphatic heterocycles. The van der Waals surface area contributed by atoms with Crippen molar-refractivity contribution in [2.45, 2.75) is 209 Å². The van der Waals surface area contributed by atoms with Crippen LogP contribution in [0.5, 0.6) is 0 Å². The Morgan fingerprint density at radius 3 is 1.25 bits per heavy atom. The number of fused-ring (bicyclic) bond motifs is 4. The SMILES string of the molecule is CCCCCC/C=C\CC[N+]1(CC)CCCCn2c(C)cc(=O)n(c2=O)CCCC[N+](CC)(CCCCCCCCCC)CCCCn2c(C)cc(=O)n(c2=O)CCCC1. The Balaban J connectivity index is 1.83. The Hall–Kier alpha value is -2.98. The summed E-state index contributed by atoms with van der Waals surface area (Å²) in [5.41, 5.74) is 0.827. The minimum atomic E-state index is -0.181. The number of hydrogen-bond donors (Lipinski definition) is 0. The molecule has 0 saturated heterocycles. The Labute approximate surface area is 364 Å². The van der Waals surface area contributed by atoms with Crippen LogP contribution in [0, 0.1) is 13.8 Å². The van der Waals surface area contributed by atoms with Crippen molar-refractivity contribution in [2.75, 3.05) is 52.4 Å². The van der Waals surface area contributed by atoms with E-state index < -0.39 is 0 Å². The zero-order valence-corrected chi connectivity index (χ0v) is 39.7. The molecule has 2 aromatic rings. The first-order valence-corrected chi connectivity index (χ1v) is 25.0. The molecule has 4 bridgehead atoms. The number of quaternary nitrogens is 2. The first kappa shape index (κ1) is 51.4. The standard InChI is InChI=1S/C50H90N6O4/c1-7-11-13-15-17-19-21-27-37-55(9-3)39-29-23-33-51-45(5)43-48(58)54(49(51)59)36-26-32-42-56(10-4,38-28-22-20-18-16-14-12-8-2)40-30-24-34-52-46(6)44-47(57)53(50(52)60)35-25-31-41-55/h19,21,43-44H,7-18,20,22-42H2,1-6H3/q+2/b21-19-. The maximum atomic E-state index is 13.9. The largest absolute Gasteiger partial charge is 0.331 e. The number of nitrogens with zero attached hydrogens (tertiary/aromatic N) is 6. The smallest absolute Gasteiger partial charge is 0.324 e. The minimum absolute atomic E-state index is 0.158. The van der Waals surface area contributed by atoms with Crippen LogP contribution in [0.1, 0.15) is 180 Å². The van der Waals surface area contributed by atoms with E-state index in [0.717, 1.165) is 137 Å². The van der Waals surface area contributed by atoms with Crippen molar-refractivity contribution >= 4 is 0 Å². The minimum Gasteiger partial charge on any atom is -0.324 e. The summed E-state index contributed by atoms with van der Waals surface area (Å²) in [6.07, 6.45) is 29.6. The van der Waals surface area contributed by atoms with E-state index in [2.05, 4.69) is 39.8 Å². The van der Waals surface area contributed by atoms with Crippen LogP contribution in [-0.4, -0.2) is 79.6 Å². The monoisotopic (exact) mass is 839 g/mol. The molecule has 0 aliphatic carbocycles. The second-order valence-corrected chi connectivity index (χ2v) is 18.5. The van der Waals surface area contributed by atoms with Crippen molar-refractivity contribution < 1.29 is 8.97 Å². The highest BCUT2D eigenvalue weighted by atomic mass is 16.2. The van der Waals surface area contributed by atoms with Crippen LogP contribution in [0.2, 0.25) is 0 Å². The molecule has 3 rings (SSSR count). The summed E-state index contributed by atoms with van der Waals surface area (Å²) in [5.74, 6) is 0. The van der Waals surface area contributed by atoms with Gasteiger partial charge in [-0.05, 0) is 105 Å². The van der Waals surface area contributed by atoms with Crippen LogP contribution in [0.4, 0.5) is 0 Å². The number of aryl methyl sites for hydroxylation is 2. The quantitative estimate of drug-likeness (QED) is 0.0802. The van der Waals surface area contributed by atoms with Gasteiger partial charge in [0.2, 0.25) is 0 Å². The second kappa shape index (κ2) is 28.6. The molecule has 0 amide bonds. The molecule has 3 heterocycles. The third-order valence-corrected chi connectivity index (χ3v) is 14.0. The molecule has 2 unspecified atom stereocenters. The van der Waals surface area contributed by atoms with Crippen molar-refractivity contribution in [3.8, 4) is 0 Å². The molecule has 0 N–H and O–H groups in total. The lowest BCUT2D eigenvalue weighted by atomic mass is 10.1. The summed E-state index contributed by atoms with van der Waals surface area (Å²) in [7, 11) is 0. The van der Waals surface area contributed by atoms with Crippen molar-refractivity contribution in [2.24, 2.45) is 0 Å². The number of hydrogen-bond acceptors (Lipinski definition) is 4. The van der Waals surface area contributed by atoms with Crippen LogP contribution in [-0.2, 0) is 26.2 Å². The summed E-state index contributed by atoms with van der Waals surface area (Å²) < 4.78 is 8.67. The van der Waals surface area contributed by atoms with E-state index in [0.29, 0.717) is 26.2 Å². The Bertz CT molecular complexity index is 1770. The summed E-state index contributed by atoms with van der Waals surface area (Å²) in [5, 5.41) is 0. The molecular weight excluding hydrogens is 749 g/mol. The molecule has 0 aromatic carbocycles. The summed E-state index contributed by atoms with van der Waals surface area (Å²) >= 11 is 0. The van der Waals surface area contributed by atoms with Crippen LogP contribution in [0.25, 0.3) is 0 Å². The van der Waals surface area contributed by atoms with Gasteiger partial charge >= 0.3 is 11.4 Å². The second-order valence-electron chi connectivity index (χ2n) is 18.5. The van der Waals surface area contributed by atoms with E-state index in [1.165, 1.54) is 86.2 Å². The average Bonchev–Trinajstić information content (AvgIpc) is 3.23.